The molecule has 0 fully saturated rings. The maximum Gasteiger partial charge on any atom is 0.219 e. The third-order valence-corrected chi connectivity index (χ3v) is 2.13. The number of aromatic nitrogens is 1. The van der Waals surface area contributed by atoms with E-state index in [2.05, 4.69) is 11.6 Å². The third kappa shape index (κ3) is 1.15. The van der Waals surface area contributed by atoms with E-state index in [4.69, 9.17) is 4.42 Å². The maximum absolute atomic E-state index is 5.50. The minimum atomic E-state index is 0.590. The molecule has 0 aliphatic carbocycles. The van der Waals surface area contributed by atoms with Crippen molar-refractivity contribution >= 4 is 17.2 Å². The molecule has 2 nitrogen and oxygen atoms in total. The molecule has 1 aromatic heterocycles. The summed E-state index contributed by atoms with van der Waals surface area (Å²) in [6.45, 7) is 7.67. The van der Waals surface area contributed by atoms with Gasteiger partial charge in [0, 0.05) is 0 Å². The minimum absolute atomic E-state index is 0.590. The summed E-state index contributed by atoms with van der Waals surface area (Å²) in [5.74, 6) is 0.590. The van der Waals surface area contributed by atoms with Gasteiger partial charge in [0.2, 0.25) is 5.89 Å². The predicted molar refractivity (Wildman–Crippen MR) is 53.6 cm³/mol. The molecule has 0 unspecified atom stereocenters. The molecular weight excluding hydrogens is 162 g/mol. The lowest BCUT2D eigenvalue weighted by atomic mass is 10.1. The number of nitrogens with zero attached hydrogens (tertiary/aromatic N) is 1. The highest BCUT2D eigenvalue weighted by Crippen LogP contribution is 2.22. The number of aryl methyl sites for hydroxylation is 2. The number of rotatable bonds is 1. The van der Waals surface area contributed by atoms with Gasteiger partial charge in [-0.2, -0.15) is 0 Å². The molecule has 66 valence electrons. The number of oxazole rings is 1. The Bertz CT molecular complexity index is 429. The van der Waals surface area contributed by atoms with Gasteiger partial charge >= 0.3 is 0 Å². The molecule has 0 bridgehead atoms. The molecule has 0 amide bonds. The summed E-state index contributed by atoms with van der Waals surface area (Å²) in [5, 5.41) is 0. The molecule has 0 atom stereocenters. The fraction of sp³-hybridized carbons (Fsp3) is 0.182. The Morgan fingerprint density at radius 2 is 2.00 bits per heavy atom. The van der Waals surface area contributed by atoms with Crippen molar-refractivity contribution < 1.29 is 4.42 Å². The monoisotopic (exact) mass is 173 g/mol. The minimum Gasteiger partial charge on any atom is -0.436 e. The van der Waals surface area contributed by atoms with Crippen LogP contribution in [-0.2, 0) is 0 Å². The lowest BCUT2D eigenvalue weighted by Gasteiger charge is -1.94. The van der Waals surface area contributed by atoms with Gasteiger partial charge in [0.05, 0.1) is 0 Å². The number of hydrogen-bond donors (Lipinski definition) is 0. The first-order valence-electron chi connectivity index (χ1n) is 4.21. The van der Waals surface area contributed by atoms with Crippen molar-refractivity contribution in [1.82, 2.24) is 4.98 Å². The standard InChI is InChI=1S/C11H11NO/c1-4-9-12-10-7(2)5-6-8(3)11(10)13-9/h4-6H,1H2,2-3H3. The quantitative estimate of drug-likeness (QED) is 0.662. The Morgan fingerprint density at radius 1 is 1.31 bits per heavy atom. The number of fused-ring (bicyclic) bond motifs is 1. The third-order valence-electron chi connectivity index (χ3n) is 2.13. The first kappa shape index (κ1) is 8.05. The Kier molecular flexibility index (Phi) is 1.69. The van der Waals surface area contributed by atoms with Gasteiger partial charge in [0.15, 0.2) is 5.58 Å². The van der Waals surface area contributed by atoms with Crippen LogP contribution in [0.4, 0.5) is 0 Å². The van der Waals surface area contributed by atoms with Crippen molar-refractivity contribution in [2.24, 2.45) is 0 Å². The van der Waals surface area contributed by atoms with E-state index >= 15 is 0 Å². The van der Waals surface area contributed by atoms with Crippen molar-refractivity contribution in [1.29, 1.82) is 0 Å². The molecule has 2 rings (SSSR count). The molecule has 0 saturated carbocycles. The van der Waals surface area contributed by atoms with Gasteiger partial charge in [-0.05, 0) is 31.1 Å². The molecule has 0 radical (unpaired) electrons. The summed E-state index contributed by atoms with van der Waals surface area (Å²) < 4.78 is 5.50. The van der Waals surface area contributed by atoms with Crippen molar-refractivity contribution in [2.45, 2.75) is 13.8 Å². The topological polar surface area (TPSA) is 26.0 Å². The van der Waals surface area contributed by atoms with Crippen molar-refractivity contribution in [2.75, 3.05) is 0 Å². The van der Waals surface area contributed by atoms with E-state index in [1.807, 2.05) is 26.0 Å². The van der Waals surface area contributed by atoms with Crippen LogP contribution in [-0.4, -0.2) is 4.98 Å². The largest absolute Gasteiger partial charge is 0.436 e. The molecule has 1 aromatic carbocycles. The van der Waals surface area contributed by atoms with E-state index in [1.54, 1.807) is 6.08 Å². The zero-order valence-electron chi connectivity index (χ0n) is 7.79. The molecule has 2 aromatic rings. The Labute approximate surface area is 76.9 Å². The van der Waals surface area contributed by atoms with Crippen LogP contribution in [0.3, 0.4) is 0 Å². The van der Waals surface area contributed by atoms with Crippen LogP contribution < -0.4 is 0 Å². The molecule has 13 heavy (non-hydrogen) atoms. The van der Waals surface area contributed by atoms with Gasteiger partial charge in [-0.15, -0.1) is 0 Å². The summed E-state index contributed by atoms with van der Waals surface area (Å²) >= 11 is 0. The summed E-state index contributed by atoms with van der Waals surface area (Å²) in [6, 6.07) is 4.09. The van der Waals surface area contributed by atoms with Gasteiger partial charge in [-0.1, -0.05) is 18.7 Å². The Hall–Kier alpha value is -1.57. The highest BCUT2D eigenvalue weighted by molar-refractivity contribution is 5.80. The van der Waals surface area contributed by atoms with Gasteiger partial charge in [0.1, 0.15) is 5.52 Å². The Balaban J connectivity index is 2.87. The van der Waals surface area contributed by atoms with E-state index in [0.717, 1.165) is 22.2 Å². The van der Waals surface area contributed by atoms with E-state index < -0.39 is 0 Å². The Morgan fingerprint density at radius 3 is 2.62 bits per heavy atom. The molecule has 0 N–H and O–H groups in total. The normalized spacial score (nSPS) is 10.6. The fourth-order valence-electron chi connectivity index (χ4n) is 1.36. The second-order valence-electron chi connectivity index (χ2n) is 3.13. The fourth-order valence-corrected chi connectivity index (χ4v) is 1.36. The average molecular weight is 173 g/mol. The van der Waals surface area contributed by atoms with Crippen molar-refractivity contribution in [3.63, 3.8) is 0 Å². The SMILES string of the molecule is C=Cc1nc2c(C)ccc(C)c2o1. The lowest BCUT2D eigenvalue weighted by Crippen LogP contribution is -1.78. The summed E-state index contributed by atoms with van der Waals surface area (Å²) in [7, 11) is 0. The summed E-state index contributed by atoms with van der Waals surface area (Å²) in [4.78, 5) is 4.31. The first-order valence-corrected chi connectivity index (χ1v) is 4.21. The average Bonchev–Trinajstić information content (AvgIpc) is 2.56. The predicted octanol–water partition coefficient (Wildman–Crippen LogP) is 3.09. The highest BCUT2D eigenvalue weighted by Gasteiger charge is 2.07. The summed E-state index contributed by atoms with van der Waals surface area (Å²) in [6.07, 6.45) is 1.62. The van der Waals surface area contributed by atoms with Crippen molar-refractivity contribution in [3.8, 4) is 0 Å². The molecule has 0 spiro atoms. The van der Waals surface area contributed by atoms with Crippen LogP contribution in [0.1, 0.15) is 17.0 Å². The van der Waals surface area contributed by atoms with Crippen LogP contribution in [0.2, 0.25) is 0 Å². The smallest absolute Gasteiger partial charge is 0.219 e. The van der Waals surface area contributed by atoms with E-state index in [-0.39, 0.29) is 0 Å². The second-order valence-corrected chi connectivity index (χ2v) is 3.13. The molecular formula is C11H11NO. The molecule has 2 heteroatoms. The first-order chi connectivity index (χ1) is 6.22. The van der Waals surface area contributed by atoms with Crippen LogP contribution in [0.5, 0.6) is 0 Å². The van der Waals surface area contributed by atoms with E-state index in [0.29, 0.717) is 5.89 Å². The second kappa shape index (κ2) is 2.73. The zero-order chi connectivity index (χ0) is 9.42. The molecule has 0 aliphatic heterocycles. The highest BCUT2D eigenvalue weighted by atomic mass is 16.3. The van der Waals surface area contributed by atoms with Crippen LogP contribution in [0, 0.1) is 13.8 Å². The van der Waals surface area contributed by atoms with Gasteiger partial charge < -0.3 is 4.42 Å². The number of hydrogen-bond acceptors (Lipinski definition) is 2. The van der Waals surface area contributed by atoms with E-state index in [1.165, 1.54) is 0 Å². The molecule has 0 saturated heterocycles. The van der Waals surface area contributed by atoms with Crippen LogP contribution in [0.15, 0.2) is 23.1 Å². The maximum atomic E-state index is 5.50. The van der Waals surface area contributed by atoms with E-state index in [9.17, 15) is 0 Å². The summed E-state index contributed by atoms with van der Waals surface area (Å²) in [5.41, 5.74) is 4.06. The number of benzene rings is 1. The van der Waals surface area contributed by atoms with Crippen molar-refractivity contribution in [3.05, 3.63) is 35.7 Å². The van der Waals surface area contributed by atoms with Gasteiger partial charge in [-0.25, -0.2) is 4.98 Å². The van der Waals surface area contributed by atoms with Gasteiger partial charge in [-0.3, -0.25) is 0 Å². The molecule has 0 aliphatic rings. The van der Waals surface area contributed by atoms with Crippen LogP contribution in [0.25, 0.3) is 17.2 Å². The molecule has 1 heterocycles. The van der Waals surface area contributed by atoms with Crippen LogP contribution >= 0.6 is 0 Å². The zero-order valence-corrected chi connectivity index (χ0v) is 7.79. The lowest BCUT2D eigenvalue weighted by molar-refractivity contribution is 0.587. The van der Waals surface area contributed by atoms with Gasteiger partial charge in [0.25, 0.3) is 0 Å².